The standard InChI is InChI=1S/C21H20ClFN2O2/c1-14(2)12-25(21(26)16-3-7-17(22)8-4-16)13-19-11-20(27-24-19)15-5-9-18(23)10-6-15/h3-11,14H,12-13H2,1-2H3. The number of rotatable bonds is 6. The molecule has 0 aliphatic carbocycles. The largest absolute Gasteiger partial charge is 0.356 e. The van der Waals surface area contributed by atoms with Crippen molar-refractivity contribution in [3.63, 3.8) is 0 Å². The highest BCUT2D eigenvalue weighted by atomic mass is 35.5. The minimum atomic E-state index is -0.310. The van der Waals surface area contributed by atoms with Crippen LogP contribution in [0.1, 0.15) is 29.9 Å². The molecule has 0 atom stereocenters. The molecule has 0 fully saturated rings. The Bertz CT molecular complexity index is 905. The van der Waals surface area contributed by atoms with E-state index in [-0.39, 0.29) is 11.7 Å². The van der Waals surface area contributed by atoms with E-state index in [0.717, 1.165) is 5.56 Å². The number of aromatic nitrogens is 1. The Balaban J connectivity index is 1.79. The van der Waals surface area contributed by atoms with Crippen LogP contribution in [0.2, 0.25) is 5.02 Å². The summed E-state index contributed by atoms with van der Waals surface area (Å²) < 4.78 is 18.4. The van der Waals surface area contributed by atoms with E-state index in [4.69, 9.17) is 16.1 Å². The van der Waals surface area contributed by atoms with Gasteiger partial charge in [0, 0.05) is 28.8 Å². The lowest BCUT2D eigenvalue weighted by Crippen LogP contribution is -2.33. The van der Waals surface area contributed by atoms with Gasteiger partial charge in [0.1, 0.15) is 11.5 Å². The number of nitrogens with zero attached hydrogens (tertiary/aromatic N) is 2. The highest BCUT2D eigenvalue weighted by molar-refractivity contribution is 6.30. The summed E-state index contributed by atoms with van der Waals surface area (Å²) in [6, 6.07) is 14.6. The number of halogens is 2. The van der Waals surface area contributed by atoms with Crippen molar-refractivity contribution in [1.29, 1.82) is 0 Å². The average molecular weight is 387 g/mol. The van der Waals surface area contributed by atoms with Crippen LogP contribution in [0.3, 0.4) is 0 Å². The molecule has 3 rings (SSSR count). The van der Waals surface area contributed by atoms with Crippen LogP contribution in [0, 0.1) is 11.7 Å². The molecule has 1 heterocycles. The van der Waals surface area contributed by atoms with E-state index in [1.54, 1.807) is 47.4 Å². The maximum absolute atomic E-state index is 13.1. The van der Waals surface area contributed by atoms with Gasteiger partial charge >= 0.3 is 0 Å². The molecule has 1 amide bonds. The summed E-state index contributed by atoms with van der Waals surface area (Å²) in [6.07, 6.45) is 0. The molecule has 0 spiro atoms. The lowest BCUT2D eigenvalue weighted by molar-refractivity contribution is 0.0719. The van der Waals surface area contributed by atoms with Gasteiger partial charge in [-0.05, 0) is 54.4 Å². The van der Waals surface area contributed by atoms with Crippen molar-refractivity contribution in [3.8, 4) is 11.3 Å². The molecule has 0 radical (unpaired) electrons. The van der Waals surface area contributed by atoms with Gasteiger partial charge in [0.2, 0.25) is 0 Å². The summed E-state index contributed by atoms with van der Waals surface area (Å²) in [7, 11) is 0. The Hall–Kier alpha value is -2.66. The number of benzene rings is 2. The fourth-order valence-corrected chi connectivity index (χ4v) is 2.89. The van der Waals surface area contributed by atoms with Crippen LogP contribution in [-0.4, -0.2) is 22.5 Å². The predicted molar refractivity (Wildman–Crippen MR) is 103 cm³/mol. The first-order chi connectivity index (χ1) is 12.9. The van der Waals surface area contributed by atoms with E-state index in [0.29, 0.717) is 41.0 Å². The maximum Gasteiger partial charge on any atom is 0.254 e. The second kappa shape index (κ2) is 8.35. The SMILES string of the molecule is CC(C)CN(Cc1cc(-c2ccc(F)cc2)on1)C(=O)c1ccc(Cl)cc1. The lowest BCUT2D eigenvalue weighted by atomic mass is 10.1. The number of amides is 1. The molecular formula is C21H20ClFN2O2. The number of hydrogen-bond acceptors (Lipinski definition) is 3. The molecule has 140 valence electrons. The second-order valence-corrected chi connectivity index (χ2v) is 7.21. The lowest BCUT2D eigenvalue weighted by Gasteiger charge is -2.23. The van der Waals surface area contributed by atoms with E-state index in [1.165, 1.54) is 12.1 Å². The Morgan fingerprint density at radius 1 is 1.15 bits per heavy atom. The smallest absolute Gasteiger partial charge is 0.254 e. The first kappa shape index (κ1) is 19.1. The first-order valence-corrected chi connectivity index (χ1v) is 9.06. The number of carbonyl (C=O) groups excluding carboxylic acids is 1. The normalized spacial score (nSPS) is 11.0. The van der Waals surface area contributed by atoms with Gasteiger partial charge in [0.15, 0.2) is 5.76 Å². The van der Waals surface area contributed by atoms with Gasteiger partial charge < -0.3 is 9.42 Å². The van der Waals surface area contributed by atoms with Crippen LogP contribution in [0.25, 0.3) is 11.3 Å². The molecule has 3 aromatic rings. The zero-order valence-electron chi connectivity index (χ0n) is 15.2. The van der Waals surface area contributed by atoms with Gasteiger partial charge in [-0.25, -0.2) is 4.39 Å². The van der Waals surface area contributed by atoms with Crippen LogP contribution in [0.5, 0.6) is 0 Å². The Morgan fingerprint density at radius 3 is 2.44 bits per heavy atom. The molecule has 0 saturated carbocycles. The summed E-state index contributed by atoms with van der Waals surface area (Å²) >= 11 is 5.91. The third kappa shape index (κ3) is 4.95. The predicted octanol–water partition coefficient (Wildman–Crippen LogP) is 5.43. The minimum Gasteiger partial charge on any atom is -0.356 e. The number of carbonyl (C=O) groups is 1. The van der Waals surface area contributed by atoms with E-state index >= 15 is 0 Å². The summed E-state index contributed by atoms with van der Waals surface area (Å²) in [6.45, 7) is 5.01. The van der Waals surface area contributed by atoms with Crippen molar-refractivity contribution in [2.75, 3.05) is 6.54 Å². The van der Waals surface area contributed by atoms with Crippen LogP contribution >= 0.6 is 11.6 Å². The van der Waals surface area contributed by atoms with Gasteiger partial charge in [-0.2, -0.15) is 0 Å². The van der Waals surface area contributed by atoms with Crippen molar-refractivity contribution in [3.05, 3.63) is 76.7 Å². The Labute approximate surface area is 162 Å². The van der Waals surface area contributed by atoms with Gasteiger partial charge in [-0.1, -0.05) is 30.6 Å². The molecule has 0 bridgehead atoms. The highest BCUT2D eigenvalue weighted by Gasteiger charge is 2.19. The molecule has 27 heavy (non-hydrogen) atoms. The molecule has 0 aliphatic heterocycles. The van der Waals surface area contributed by atoms with Crippen LogP contribution < -0.4 is 0 Å². The van der Waals surface area contributed by atoms with Gasteiger partial charge in [0.25, 0.3) is 5.91 Å². The summed E-state index contributed by atoms with van der Waals surface area (Å²) in [5, 5.41) is 4.65. The third-order valence-corrected chi connectivity index (χ3v) is 4.26. The van der Waals surface area contributed by atoms with Gasteiger partial charge in [-0.3, -0.25) is 4.79 Å². The van der Waals surface area contributed by atoms with Crippen LogP contribution in [0.15, 0.2) is 59.1 Å². The van der Waals surface area contributed by atoms with Crippen molar-refractivity contribution in [2.45, 2.75) is 20.4 Å². The van der Waals surface area contributed by atoms with Crippen LogP contribution in [0.4, 0.5) is 4.39 Å². The van der Waals surface area contributed by atoms with E-state index in [2.05, 4.69) is 19.0 Å². The fourth-order valence-electron chi connectivity index (χ4n) is 2.77. The highest BCUT2D eigenvalue weighted by Crippen LogP contribution is 2.22. The molecule has 0 saturated heterocycles. The Kier molecular flexibility index (Phi) is 5.91. The quantitative estimate of drug-likeness (QED) is 0.567. The summed E-state index contributed by atoms with van der Waals surface area (Å²) in [5.74, 6) is 0.431. The van der Waals surface area contributed by atoms with Crippen LogP contribution in [-0.2, 0) is 6.54 Å². The topological polar surface area (TPSA) is 46.3 Å². The summed E-state index contributed by atoms with van der Waals surface area (Å²) in [4.78, 5) is 14.6. The molecule has 1 aromatic heterocycles. The van der Waals surface area contributed by atoms with Gasteiger partial charge in [-0.15, -0.1) is 0 Å². The Morgan fingerprint density at radius 2 is 1.81 bits per heavy atom. The first-order valence-electron chi connectivity index (χ1n) is 8.69. The fraction of sp³-hybridized carbons (Fsp3) is 0.238. The monoisotopic (exact) mass is 386 g/mol. The molecule has 0 aliphatic rings. The van der Waals surface area contributed by atoms with Crippen molar-refractivity contribution < 1.29 is 13.7 Å². The van der Waals surface area contributed by atoms with E-state index in [1.807, 2.05) is 0 Å². The van der Waals surface area contributed by atoms with Crippen molar-refractivity contribution in [2.24, 2.45) is 5.92 Å². The molecule has 0 unspecified atom stereocenters. The van der Waals surface area contributed by atoms with Crippen molar-refractivity contribution in [1.82, 2.24) is 10.1 Å². The van der Waals surface area contributed by atoms with Crippen molar-refractivity contribution >= 4 is 17.5 Å². The molecule has 4 nitrogen and oxygen atoms in total. The zero-order chi connectivity index (χ0) is 19.4. The molecular weight excluding hydrogens is 367 g/mol. The average Bonchev–Trinajstić information content (AvgIpc) is 3.10. The molecule has 2 aromatic carbocycles. The second-order valence-electron chi connectivity index (χ2n) is 6.78. The third-order valence-electron chi connectivity index (χ3n) is 4.00. The van der Waals surface area contributed by atoms with Gasteiger partial charge in [0.05, 0.1) is 6.54 Å². The molecule has 0 N–H and O–H groups in total. The maximum atomic E-state index is 13.1. The number of hydrogen-bond donors (Lipinski definition) is 0. The molecule has 6 heteroatoms. The zero-order valence-corrected chi connectivity index (χ0v) is 15.9. The minimum absolute atomic E-state index is 0.0910. The van der Waals surface area contributed by atoms with E-state index in [9.17, 15) is 9.18 Å². The summed E-state index contributed by atoms with van der Waals surface area (Å²) in [5.41, 5.74) is 1.94. The van der Waals surface area contributed by atoms with E-state index < -0.39 is 0 Å².